The summed E-state index contributed by atoms with van der Waals surface area (Å²) in [5, 5.41) is 10.9. The Kier molecular flexibility index (Phi) is 1.90. The first-order valence-corrected chi connectivity index (χ1v) is 5.21. The molecule has 1 aliphatic carbocycles. The molecular weight excluding hydrogens is 166 g/mol. The Morgan fingerprint density at radius 3 is 3.25 bits per heavy atom. The zero-order valence-electron chi connectivity index (χ0n) is 7.13. The number of fused-ring (bicyclic) bond motifs is 1. The molecule has 0 spiro atoms. The average Bonchev–Trinajstić information content (AvgIpc) is 2.49. The molecule has 0 fully saturated rings. The molecule has 1 nitrogen and oxygen atoms in total. The number of nitriles is 1. The first kappa shape index (κ1) is 7.82. The lowest BCUT2D eigenvalue weighted by Gasteiger charge is -2.18. The van der Waals surface area contributed by atoms with Gasteiger partial charge in [-0.05, 0) is 30.7 Å². The minimum absolute atomic E-state index is 0.606. The standard InChI is InChI=1S/C10H11NS/c1-7-3-2-4-9-10(7)8(5-11)6-12-9/h6-7H,2-4H2,1H3. The quantitative estimate of drug-likeness (QED) is 0.597. The van der Waals surface area contributed by atoms with Crippen molar-refractivity contribution in [2.24, 2.45) is 0 Å². The first-order valence-electron chi connectivity index (χ1n) is 4.33. The lowest BCUT2D eigenvalue weighted by atomic mass is 9.87. The van der Waals surface area contributed by atoms with Crippen LogP contribution in [0.2, 0.25) is 0 Å². The molecule has 2 heteroatoms. The molecular formula is C10H11NS. The van der Waals surface area contributed by atoms with Crippen molar-refractivity contribution >= 4 is 11.3 Å². The largest absolute Gasteiger partial charge is 0.192 e. The monoisotopic (exact) mass is 177 g/mol. The van der Waals surface area contributed by atoms with Gasteiger partial charge in [0.25, 0.3) is 0 Å². The Hall–Kier alpha value is -0.810. The van der Waals surface area contributed by atoms with Gasteiger partial charge in [-0.1, -0.05) is 6.92 Å². The summed E-state index contributed by atoms with van der Waals surface area (Å²) < 4.78 is 0. The smallest absolute Gasteiger partial charge is 0.100 e. The van der Waals surface area contributed by atoms with Crippen molar-refractivity contribution in [2.45, 2.75) is 32.1 Å². The van der Waals surface area contributed by atoms with E-state index in [0.29, 0.717) is 5.92 Å². The predicted octanol–water partition coefficient (Wildman–Crippen LogP) is 3.06. The number of nitrogens with zero attached hydrogens (tertiary/aromatic N) is 1. The van der Waals surface area contributed by atoms with E-state index in [1.165, 1.54) is 29.7 Å². The molecule has 0 aromatic carbocycles. The highest BCUT2D eigenvalue weighted by atomic mass is 32.1. The van der Waals surface area contributed by atoms with Crippen LogP contribution in [-0.4, -0.2) is 0 Å². The lowest BCUT2D eigenvalue weighted by molar-refractivity contribution is 0.597. The summed E-state index contributed by atoms with van der Waals surface area (Å²) in [4.78, 5) is 1.45. The van der Waals surface area contributed by atoms with Crippen LogP contribution in [0.25, 0.3) is 0 Å². The topological polar surface area (TPSA) is 23.8 Å². The Bertz CT molecular complexity index is 332. The van der Waals surface area contributed by atoms with Crippen molar-refractivity contribution in [3.05, 3.63) is 21.4 Å². The van der Waals surface area contributed by atoms with E-state index >= 15 is 0 Å². The van der Waals surface area contributed by atoms with Crippen molar-refractivity contribution in [1.29, 1.82) is 5.26 Å². The highest BCUT2D eigenvalue weighted by Crippen LogP contribution is 2.37. The lowest BCUT2D eigenvalue weighted by Crippen LogP contribution is -2.04. The van der Waals surface area contributed by atoms with Gasteiger partial charge < -0.3 is 0 Å². The number of hydrogen-bond acceptors (Lipinski definition) is 2. The van der Waals surface area contributed by atoms with E-state index in [9.17, 15) is 0 Å². The van der Waals surface area contributed by atoms with Crippen molar-refractivity contribution in [1.82, 2.24) is 0 Å². The van der Waals surface area contributed by atoms with Crippen LogP contribution < -0.4 is 0 Å². The number of thiophene rings is 1. The van der Waals surface area contributed by atoms with Crippen LogP contribution in [-0.2, 0) is 6.42 Å². The molecule has 0 saturated heterocycles. The van der Waals surface area contributed by atoms with E-state index in [2.05, 4.69) is 13.0 Å². The molecule has 1 aromatic heterocycles. The minimum Gasteiger partial charge on any atom is -0.192 e. The van der Waals surface area contributed by atoms with Gasteiger partial charge in [0.1, 0.15) is 6.07 Å². The third kappa shape index (κ3) is 1.05. The van der Waals surface area contributed by atoms with Gasteiger partial charge in [0.05, 0.1) is 5.56 Å². The van der Waals surface area contributed by atoms with E-state index in [0.717, 1.165) is 5.56 Å². The SMILES string of the molecule is CC1CCCc2scc(C#N)c21. The zero-order valence-corrected chi connectivity index (χ0v) is 7.95. The maximum atomic E-state index is 8.86. The molecule has 0 aliphatic heterocycles. The maximum absolute atomic E-state index is 8.86. The van der Waals surface area contributed by atoms with Gasteiger partial charge in [0, 0.05) is 10.3 Å². The van der Waals surface area contributed by atoms with Crippen molar-refractivity contribution in [3.63, 3.8) is 0 Å². The van der Waals surface area contributed by atoms with Crippen LogP contribution in [0.5, 0.6) is 0 Å². The van der Waals surface area contributed by atoms with Gasteiger partial charge >= 0.3 is 0 Å². The van der Waals surface area contributed by atoms with Crippen LogP contribution in [0.3, 0.4) is 0 Å². The summed E-state index contributed by atoms with van der Waals surface area (Å²) in [6.07, 6.45) is 3.73. The van der Waals surface area contributed by atoms with E-state index in [1.807, 2.05) is 5.38 Å². The Labute approximate surface area is 76.6 Å². The Morgan fingerprint density at radius 1 is 1.67 bits per heavy atom. The summed E-state index contributed by atoms with van der Waals surface area (Å²) in [5.74, 6) is 0.606. The van der Waals surface area contributed by atoms with Crippen LogP contribution in [0.1, 0.15) is 41.7 Å². The number of aryl methyl sites for hydroxylation is 1. The Morgan fingerprint density at radius 2 is 2.50 bits per heavy atom. The summed E-state index contributed by atoms with van der Waals surface area (Å²) in [5.41, 5.74) is 2.26. The molecule has 12 heavy (non-hydrogen) atoms. The molecule has 0 bridgehead atoms. The van der Waals surface area contributed by atoms with Gasteiger partial charge in [-0.25, -0.2) is 0 Å². The summed E-state index contributed by atoms with van der Waals surface area (Å²) in [7, 11) is 0. The van der Waals surface area contributed by atoms with Crippen LogP contribution in [0.4, 0.5) is 0 Å². The second-order valence-corrected chi connectivity index (χ2v) is 4.36. The van der Waals surface area contributed by atoms with E-state index in [4.69, 9.17) is 5.26 Å². The normalized spacial score (nSPS) is 21.5. The molecule has 62 valence electrons. The summed E-state index contributed by atoms with van der Waals surface area (Å²) in [6, 6.07) is 2.28. The second-order valence-electron chi connectivity index (χ2n) is 3.39. The minimum atomic E-state index is 0.606. The second kappa shape index (κ2) is 2.91. The van der Waals surface area contributed by atoms with Crippen molar-refractivity contribution in [2.75, 3.05) is 0 Å². The van der Waals surface area contributed by atoms with Gasteiger partial charge in [-0.3, -0.25) is 0 Å². The van der Waals surface area contributed by atoms with Gasteiger partial charge in [0.15, 0.2) is 0 Å². The average molecular weight is 177 g/mol. The maximum Gasteiger partial charge on any atom is 0.100 e. The Balaban J connectivity index is 2.52. The zero-order chi connectivity index (χ0) is 8.55. The van der Waals surface area contributed by atoms with E-state index in [1.54, 1.807) is 11.3 Å². The molecule has 0 amide bonds. The fraction of sp³-hybridized carbons (Fsp3) is 0.500. The number of rotatable bonds is 0. The molecule has 1 unspecified atom stereocenters. The van der Waals surface area contributed by atoms with Crippen LogP contribution >= 0.6 is 11.3 Å². The van der Waals surface area contributed by atoms with Gasteiger partial charge in [0.2, 0.25) is 0 Å². The van der Waals surface area contributed by atoms with E-state index in [-0.39, 0.29) is 0 Å². The highest BCUT2D eigenvalue weighted by Gasteiger charge is 2.21. The van der Waals surface area contributed by atoms with Crippen molar-refractivity contribution < 1.29 is 0 Å². The highest BCUT2D eigenvalue weighted by molar-refractivity contribution is 7.10. The molecule has 2 rings (SSSR count). The van der Waals surface area contributed by atoms with Gasteiger partial charge in [-0.2, -0.15) is 5.26 Å². The fourth-order valence-corrected chi connectivity index (χ4v) is 3.08. The summed E-state index contributed by atoms with van der Waals surface area (Å²) in [6.45, 7) is 2.23. The fourth-order valence-electron chi connectivity index (χ4n) is 1.94. The third-order valence-corrected chi connectivity index (χ3v) is 3.63. The number of hydrogen-bond donors (Lipinski definition) is 0. The van der Waals surface area contributed by atoms with Gasteiger partial charge in [-0.15, -0.1) is 11.3 Å². The molecule has 0 radical (unpaired) electrons. The van der Waals surface area contributed by atoms with Crippen LogP contribution in [0, 0.1) is 11.3 Å². The predicted molar refractivity (Wildman–Crippen MR) is 50.4 cm³/mol. The third-order valence-electron chi connectivity index (χ3n) is 2.56. The molecule has 1 heterocycles. The molecule has 1 atom stereocenters. The molecule has 1 aromatic rings. The van der Waals surface area contributed by atoms with E-state index < -0.39 is 0 Å². The molecule has 0 N–H and O–H groups in total. The summed E-state index contributed by atoms with van der Waals surface area (Å²) >= 11 is 1.76. The molecule has 1 aliphatic rings. The molecule has 0 saturated carbocycles. The first-order chi connectivity index (χ1) is 5.83. The van der Waals surface area contributed by atoms with Crippen molar-refractivity contribution in [3.8, 4) is 6.07 Å². The van der Waals surface area contributed by atoms with Crippen LogP contribution in [0.15, 0.2) is 5.38 Å².